The molecule has 0 spiro atoms. The second kappa shape index (κ2) is 7.30. The second-order valence-corrected chi connectivity index (χ2v) is 9.31. The van der Waals surface area contributed by atoms with Crippen LogP contribution < -0.4 is 0 Å². The molecule has 0 bridgehead atoms. The Morgan fingerprint density at radius 3 is 1.75 bits per heavy atom. The van der Waals surface area contributed by atoms with Crippen LogP contribution in [0, 0.1) is 0 Å². The monoisotopic (exact) mass is 459 g/mol. The molecule has 0 aliphatic heterocycles. The Labute approximate surface area is 207 Å². The van der Waals surface area contributed by atoms with E-state index in [-0.39, 0.29) is 0 Å². The number of hydrogen-bond donors (Lipinski definition) is 0. The van der Waals surface area contributed by atoms with Crippen LogP contribution in [0.4, 0.5) is 0 Å². The van der Waals surface area contributed by atoms with Crippen LogP contribution in [0.2, 0.25) is 0 Å². The van der Waals surface area contributed by atoms with Crippen LogP contribution in [0.3, 0.4) is 0 Å². The summed E-state index contributed by atoms with van der Waals surface area (Å²) >= 11 is 0. The molecule has 3 aromatic heterocycles. The van der Waals surface area contributed by atoms with E-state index in [2.05, 4.69) is 129 Å². The SMILES string of the molecule is c1ccc(-n2c3ccccc3c3ccc4c5ccccc5n(-c5ccc6cnccc6c5)c4c32)cc1. The van der Waals surface area contributed by atoms with Gasteiger partial charge < -0.3 is 9.13 Å². The summed E-state index contributed by atoms with van der Waals surface area (Å²) in [5.74, 6) is 0. The van der Waals surface area contributed by atoms with Crippen LogP contribution in [0.1, 0.15) is 0 Å². The number of rotatable bonds is 2. The van der Waals surface area contributed by atoms with E-state index in [0.717, 1.165) is 16.8 Å². The van der Waals surface area contributed by atoms with Crippen LogP contribution in [0.25, 0.3) is 65.8 Å². The molecule has 0 unspecified atom stereocenters. The summed E-state index contributed by atoms with van der Waals surface area (Å²) in [4.78, 5) is 4.31. The predicted octanol–water partition coefficient (Wildman–Crippen LogP) is 8.43. The Kier molecular flexibility index (Phi) is 3.94. The van der Waals surface area contributed by atoms with Gasteiger partial charge >= 0.3 is 0 Å². The van der Waals surface area contributed by atoms with Gasteiger partial charge in [0.1, 0.15) is 0 Å². The first-order chi connectivity index (χ1) is 17.9. The van der Waals surface area contributed by atoms with E-state index in [1.165, 1.54) is 49.0 Å². The Morgan fingerprint density at radius 2 is 1.06 bits per heavy atom. The Morgan fingerprint density at radius 1 is 0.444 bits per heavy atom. The third kappa shape index (κ3) is 2.60. The second-order valence-electron chi connectivity index (χ2n) is 9.31. The molecule has 0 aliphatic carbocycles. The molecule has 8 rings (SSSR count). The van der Waals surface area contributed by atoms with E-state index in [9.17, 15) is 0 Å². The maximum Gasteiger partial charge on any atom is 0.0788 e. The first-order valence-electron chi connectivity index (χ1n) is 12.2. The Hall–Kier alpha value is -4.89. The quantitative estimate of drug-likeness (QED) is 0.254. The minimum Gasteiger partial charge on any atom is -0.307 e. The average molecular weight is 460 g/mol. The molecule has 3 nitrogen and oxygen atoms in total. The largest absolute Gasteiger partial charge is 0.307 e. The lowest BCUT2D eigenvalue weighted by molar-refractivity contribution is 1.15. The van der Waals surface area contributed by atoms with Gasteiger partial charge in [0.05, 0.1) is 22.1 Å². The van der Waals surface area contributed by atoms with E-state index >= 15 is 0 Å². The number of benzene rings is 5. The number of fused-ring (bicyclic) bond motifs is 8. The lowest BCUT2D eigenvalue weighted by atomic mass is 10.1. The molecule has 0 radical (unpaired) electrons. The number of para-hydroxylation sites is 3. The molecule has 8 aromatic rings. The first-order valence-corrected chi connectivity index (χ1v) is 12.2. The van der Waals surface area contributed by atoms with Crippen molar-refractivity contribution in [3.8, 4) is 11.4 Å². The molecule has 0 saturated carbocycles. The molecular weight excluding hydrogens is 438 g/mol. The summed E-state index contributed by atoms with van der Waals surface area (Å²) in [6, 6.07) is 41.5. The number of hydrogen-bond acceptors (Lipinski definition) is 1. The van der Waals surface area contributed by atoms with Crippen molar-refractivity contribution >= 4 is 54.4 Å². The molecule has 168 valence electrons. The van der Waals surface area contributed by atoms with Gasteiger partial charge in [-0.15, -0.1) is 0 Å². The fourth-order valence-corrected chi connectivity index (χ4v) is 5.82. The molecule has 0 atom stereocenters. The van der Waals surface area contributed by atoms with Crippen LogP contribution in [-0.4, -0.2) is 14.1 Å². The zero-order chi connectivity index (χ0) is 23.6. The van der Waals surface area contributed by atoms with Crippen molar-refractivity contribution in [1.82, 2.24) is 14.1 Å². The van der Waals surface area contributed by atoms with Gasteiger partial charge in [0.25, 0.3) is 0 Å². The summed E-state index contributed by atoms with van der Waals surface area (Å²) in [7, 11) is 0. The van der Waals surface area contributed by atoms with E-state index < -0.39 is 0 Å². The van der Waals surface area contributed by atoms with E-state index in [4.69, 9.17) is 0 Å². The summed E-state index contributed by atoms with van der Waals surface area (Å²) < 4.78 is 4.86. The highest BCUT2D eigenvalue weighted by atomic mass is 15.0. The lowest BCUT2D eigenvalue weighted by Crippen LogP contribution is -1.98. The molecule has 36 heavy (non-hydrogen) atoms. The van der Waals surface area contributed by atoms with Gasteiger partial charge in [0.2, 0.25) is 0 Å². The van der Waals surface area contributed by atoms with E-state index in [0.29, 0.717) is 0 Å². The zero-order valence-electron chi connectivity index (χ0n) is 19.5. The standard InChI is InChI=1S/C33H21N3/c1-2-8-24(9-3-1)35-30-12-6-4-10-26(30)28-16-17-29-27-11-5-7-13-31(27)36(33(29)32(28)35)25-15-14-23-21-34-19-18-22(23)20-25/h1-21H. The van der Waals surface area contributed by atoms with Gasteiger partial charge in [-0.1, -0.05) is 72.8 Å². The molecule has 0 fully saturated rings. The number of aromatic nitrogens is 3. The van der Waals surface area contributed by atoms with E-state index in [1.807, 2.05) is 12.4 Å². The smallest absolute Gasteiger partial charge is 0.0788 e. The van der Waals surface area contributed by atoms with Crippen molar-refractivity contribution in [2.75, 3.05) is 0 Å². The molecule has 0 aliphatic rings. The van der Waals surface area contributed by atoms with Crippen molar-refractivity contribution < 1.29 is 0 Å². The summed E-state index contributed by atoms with van der Waals surface area (Å²) in [6.45, 7) is 0. The van der Waals surface area contributed by atoms with Gasteiger partial charge in [0.15, 0.2) is 0 Å². The van der Waals surface area contributed by atoms with Gasteiger partial charge in [-0.05, 0) is 47.9 Å². The molecule has 0 amide bonds. The molecule has 3 heteroatoms. The van der Waals surface area contributed by atoms with Crippen LogP contribution in [0.15, 0.2) is 128 Å². The average Bonchev–Trinajstić information content (AvgIpc) is 3.46. The minimum absolute atomic E-state index is 1.14. The Balaban J connectivity index is 1.64. The predicted molar refractivity (Wildman–Crippen MR) is 150 cm³/mol. The normalized spacial score (nSPS) is 11.9. The van der Waals surface area contributed by atoms with Crippen molar-refractivity contribution in [1.29, 1.82) is 0 Å². The third-order valence-corrected chi connectivity index (χ3v) is 7.37. The fourth-order valence-electron chi connectivity index (χ4n) is 5.82. The lowest BCUT2D eigenvalue weighted by Gasteiger charge is -2.13. The maximum atomic E-state index is 4.31. The van der Waals surface area contributed by atoms with Crippen LogP contribution >= 0.6 is 0 Å². The molecular formula is C33H21N3. The fraction of sp³-hybridized carbons (Fsp3) is 0. The van der Waals surface area contributed by atoms with Gasteiger partial charge in [0, 0.05) is 50.7 Å². The van der Waals surface area contributed by atoms with Crippen LogP contribution in [0.5, 0.6) is 0 Å². The van der Waals surface area contributed by atoms with Crippen LogP contribution in [-0.2, 0) is 0 Å². The Bertz CT molecular complexity index is 2100. The van der Waals surface area contributed by atoms with Crippen molar-refractivity contribution in [3.05, 3.63) is 128 Å². The highest BCUT2D eigenvalue weighted by Gasteiger charge is 2.20. The summed E-state index contributed by atoms with van der Waals surface area (Å²) in [6.07, 6.45) is 3.79. The molecule has 0 saturated heterocycles. The molecule has 0 N–H and O–H groups in total. The van der Waals surface area contributed by atoms with Crippen molar-refractivity contribution in [3.63, 3.8) is 0 Å². The number of nitrogens with zero attached hydrogens (tertiary/aromatic N) is 3. The third-order valence-electron chi connectivity index (χ3n) is 7.37. The topological polar surface area (TPSA) is 22.8 Å². The highest BCUT2D eigenvalue weighted by Crippen LogP contribution is 2.41. The maximum absolute atomic E-state index is 4.31. The first kappa shape index (κ1) is 19.4. The molecule has 5 aromatic carbocycles. The highest BCUT2D eigenvalue weighted by molar-refractivity contribution is 6.23. The summed E-state index contributed by atoms with van der Waals surface area (Å²) in [5, 5.41) is 7.37. The van der Waals surface area contributed by atoms with Crippen molar-refractivity contribution in [2.24, 2.45) is 0 Å². The number of pyridine rings is 1. The molecule has 3 heterocycles. The minimum atomic E-state index is 1.14. The van der Waals surface area contributed by atoms with E-state index in [1.54, 1.807) is 0 Å². The zero-order valence-corrected chi connectivity index (χ0v) is 19.5. The van der Waals surface area contributed by atoms with Gasteiger partial charge in [-0.25, -0.2) is 0 Å². The summed E-state index contributed by atoms with van der Waals surface area (Å²) in [5.41, 5.74) is 7.19. The van der Waals surface area contributed by atoms with Gasteiger partial charge in [-0.2, -0.15) is 0 Å². The van der Waals surface area contributed by atoms with Gasteiger partial charge in [-0.3, -0.25) is 4.98 Å². The van der Waals surface area contributed by atoms with Crippen molar-refractivity contribution in [2.45, 2.75) is 0 Å².